The number of benzene rings is 1. The van der Waals surface area contributed by atoms with Crippen LogP contribution in [0, 0.1) is 0 Å². The first-order chi connectivity index (χ1) is 9.08. The maximum Gasteiger partial charge on any atom is 0.251 e. The lowest BCUT2D eigenvalue weighted by Gasteiger charge is -2.09. The fraction of sp³-hybridized carbons (Fsp3) is 0.231. The van der Waals surface area contributed by atoms with Crippen LogP contribution in [-0.4, -0.2) is 32.0 Å². The highest BCUT2D eigenvalue weighted by molar-refractivity contribution is 6.33. The SMILES string of the molecule is C=CCNCC(=O)Nc1cc(C(=O)NC)ccc1Cl. The summed E-state index contributed by atoms with van der Waals surface area (Å²) in [5, 5.41) is 8.40. The number of anilines is 1. The molecule has 1 aromatic carbocycles. The molecule has 0 aliphatic rings. The zero-order valence-corrected chi connectivity index (χ0v) is 11.4. The first-order valence-corrected chi connectivity index (χ1v) is 6.09. The van der Waals surface area contributed by atoms with E-state index in [1.54, 1.807) is 18.2 Å². The number of nitrogens with one attached hydrogen (secondary N) is 3. The molecule has 0 fully saturated rings. The molecule has 0 spiro atoms. The van der Waals surface area contributed by atoms with Gasteiger partial charge in [0.15, 0.2) is 0 Å². The lowest BCUT2D eigenvalue weighted by Crippen LogP contribution is -2.28. The van der Waals surface area contributed by atoms with Crippen LogP contribution >= 0.6 is 11.6 Å². The van der Waals surface area contributed by atoms with E-state index in [-0.39, 0.29) is 18.4 Å². The second kappa shape index (κ2) is 7.56. The van der Waals surface area contributed by atoms with Crippen LogP contribution in [0.5, 0.6) is 0 Å². The van der Waals surface area contributed by atoms with Crippen LogP contribution in [0.3, 0.4) is 0 Å². The zero-order chi connectivity index (χ0) is 14.3. The Kier molecular flexibility index (Phi) is 6.05. The molecule has 19 heavy (non-hydrogen) atoms. The molecule has 0 saturated heterocycles. The number of halogens is 1. The average molecular weight is 282 g/mol. The highest BCUT2D eigenvalue weighted by Crippen LogP contribution is 2.22. The minimum Gasteiger partial charge on any atom is -0.355 e. The van der Waals surface area contributed by atoms with Crippen molar-refractivity contribution in [2.75, 3.05) is 25.5 Å². The number of rotatable bonds is 6. The maximum absolute atomic E-state index is 11.6. The molecule has 3 N–H and O–H groups in total. The second-order valence-electron chi connectivity index (χ2n) is 3.74. The summed E-state index contributed by atoms with van der Waals surface area (Å²) in [4.78, 5) is 23.1. The molecule has 2 amide bonds. The highest BCUT2D eigenvalue weighted by Gasteiger charge is 2.09. The first kappa shape index (κ1) is 15.2. The number of hydrogen-bond donors (Lipinski definition) is 3. The van der Waals surface area contributed by atoms with Crippen LogP contribution in [0.2, 0.25) is 5.02 Å². The largest absolute Gasteiger partial charge is 0.355 e. The van der Waals surface area contributed by atoms with Gasteiger partial charge in [0, 0.05) is 19.2 Å². The van der Waals surface area contributed by atoms with Crippen molar-refractivity contribution in [3.8, 4) is 0 Å². The smallest absolute Gasteiger partial charge is 0.251 e. The molecule has 5 nitrogen and oxygen atoms in total. The van der Waals surface area contributed by atoms with Gasteiger partial charge in [0.2, 0.25) is 5.91 Å². The van der Waals surface area contributed by atoms with Crippen molar-refractivity contribution in [3.63, 3.8) is 0 Å². The summed E-state index contributed by atoms with van der Waals surface area (Å²) in [6.07, 6.45) is 1.66. The van der Waals surface area contributed by atoms with Gasteiger partial charge in [-0.15, -0.1) is 6.58 Å². The summed E-state index contributed by atoms with van der Waals surface area (Å²) in [5.41, 5.74) is 0.842. The molecule has 0 aliphatic carbocycles. The molecule has 102 valence electrons. The molecule has 0 atom stereocenters. The van der Waals surface area contributed by atoms with Crippen molar-refractivity contribution in [3.05, 3.63) is 41.4 Å². The summed E-state index contributed by atoms with van der Waals surface area (Å²) in [6.45, 7) is 4.22. The van der Waals surface area contributed by atoms with Crippen molar-refractivity contribution >= 4 is 29.1 Å². The van der Waals surface area contributed by atoms with Gasteiger partial charge in [-0.05, 0) is 18.2 Å². The van der Waals surface area contributed by atoms with Crippen LogP contribution in [-0.2, 0) is 4.79 Å². The van der Waals surface area contributed by atoms with E-state index in [9.17, 15) is 9.59 Å². The number of amides is 2. The van der Waals surface area contributed by atoms with Gasteiger partial charge in [-0.3, -0.25) is 9.59 Å². The van der Waals surface area contributed by atoms with Crippen molar-refractivity contribution in [1.82, 2.24) is 10.6 Å². The Labute approximate surface area is 117 Å². The van der Waals surface area contributed by atoms with E-state index in [0.717, 1.165) is 0 Å². The molecule has 1 rings (SSSR count). The quantitative estimate of drug-likeness (QED) is 0.545. The zero-order valence-electron chi connectivity index (χ0n) is 10.6. The van der Waals surface area contributed by atoms with Gasteiger partial charge >= 0.3 is 0 Å². The van der Waals surface area contributed by atoms with Crippen LogP contribution in [0.25, 0.3) is 0 Å². The molecule has 0 bridgehead atoms. The van der Waals surface area contributed by atoms with Crippen LogP contribution in [0.4, 0.5) is 5.69 Å². The molecule has 0 saturated carbocycles. The van der Waals surface area contributed by atoms with Crippen LogP contribution in [0.15, 0.2) is 30.9 Å². The molecule has 0 unspecified atom stereocenters. The average Bonchev–Trinajstić information content (AvgIpc) is 2.40. The van der Waals surface area contributed by atoms with Gasteiger partial charge in [-0.2, -0.15) is 0 Å². The lowest BCUT2D eigenvalue weighted by atomic mass is 10.2. The Bertz CT molecular complexity index is 489. The third-order valence-corrected chi connectivity index (χ3v) is 2.63. The van der Waals surface area contributed by atoms with Gasteiger partial charge < -0.3 is 16.0 Å². The Morgan fingerprint density at radius 2 is 2.16 bits per heavy atom. The topological polar surface area (TPSA) is 70.2 Å². The summed E-state index contributed by atoms with van der Waals surface area (Å²) < 4.78 is 0. The lowest BCUT2D eigenvalue weighted by molar-refractivity contribution is -0.115. The van der Waals surface area contributed by atoms with Gasteiger partial charge in [0.1, 0.15) is 0 Å². The minimum absolute atomic E-state index is 0.145. The number of hydrogen-bond acceptors (Lipinski definition) is 3. The van der Waals surface area contributed by atoms with Crippen molar-refractivity contribution < 1.29 is 9.59 Å². The Morgan fingerprint density at radius 1 is 1.42 bits per heavy atom. The molecule has 6 heteroatoms. The summed E-state index contributed by atoms with van der Waals surface area (Å²) in [5.74, 6) is -0.477. The molecular weight excluding hydrogens is 266 g/mol. The molecular formula is C13H16ClN3O2. The van der Waals surface area contributed by atoms with Gasteiger partial charge in [-0.25, -0.2) is 0 Å². The second-order valence-corrected chi connectivity index (χ2v) is 4.15. The summed E-state index contributed by atoms with van der Waals surface area (Å²) in [6, 6.07) is 4.69. The third kappa shape index (κ3) is 4.73. The van der Waals surface area contributed by atoms with Crippen molar-refractivity contribution in [2.45, 2.75) is 0 Å². The van der Waals surface area contributed by atoms with Gasteiger partial charge in [0.05, 0.1) is 17.3 Å². The molecule has 0 aliphatic heterocycles. The first-order valence-electron chi connectivity index (χ1n) is 5.71. The Balaban J connectivity index is 2.74. The van der Waals surface area contributed by atoms with Crippen molar-refractivity contribution in [1.29, 1.82) is 0 Å². The Hall–Kier alpha value is -1.85. The van der Waals surface area contributed by atoms with E-state index in [0.29, 0.717) is 22.8 Å². The van der Waals surface area contributed by atoms with E-state index < -0.39 is 0 Å². The highest BCUT2D eigenvalue weighted by atomic mass is 35.5. The van der Waals surface area contributed by atoms with Crippen molar-refractivity contribution in [2.24, 2.45) is 0 Å². The Morgan fingerprint density at radius 3 is 2.79 bits per heavy atom. The molecule has 1 aromatic rings. The van der Waals surface area contributed by atoms with E-state index in [1.807, 2.05) is 0 Å². The fourth-order valence-electron chi connectivity index (χ4n) is 1.39. The van der Waals surface area contributed by atoms with Crippen LogP contribution < -0.4 is 16.0 Å². The third-order valence-electron chi connectivity index (χ3n) is 2.30. The maximum atomic E-state index is 11.6. The molecule has 0 radical (unpaired) electrons. The molecule has 0 aromatic heterocycles. The van der Waals surface area contributed by atoms with E-state index in [4.69, 9.17) is 11.6 Å². The summed E-state index contributed by atoms with van der Waals surface area (Å²) >= 11 is 5.97. The normalized spacial score (nSPS) is 9.79. The van der Waals surface area contributed by atoms with E-state index in [2.05, 4.69) is 22.5 Å². The minimum atomic E-state index is -0.239. The summed E-state index contributed by atoms with van der Waals surface area (Å²) in [7, 11) is 1.54. The monoisotopic (exact) mass is 281 g/mol. The predicted molar refractivity (Wildman–Crippen MR) is 76.5 cm³/mol. The van der Waals surface area contributed by atoms with Crippen LogP contribution in [0.1, 0.15) is 10.4 Å². The number of carbonyl (C=O) groups is 2. The number of carbonyl (C=O) groups excluding carboxylic acids is 2. The predicted octanol–water partition coefficient (Wildman–Crippen LogP) is 1.41. The van der Waals surface area contributed by atoms with E-state index >= 15 is 0 Å². The van der Waals surface area contributed by atoms with E-state index in [1.165, 1.54) is 13.1 Å². The van der Waals surface area contributed by atoms with Gasteiger partial charge in [-0.1, -0.05) is 17.7 Å². The molecule has 0 heterocycles. The fourth-order valence-corrected chi connectivity index (χ4v) is 1.55. The standard InChI is InChI=1S/C13H16ClN3O2/c1-3-6-16-8-12(18)17-11-7-9(13(19)15-2)4-5-10(11)14/h3-5,7,16H,1,6,8H2,2H3,(H,15,19)(H,17,18). The van der Waals surface area contributed by atoms with Gasteiger partial charge in [0.25, 0.3) is 5.91 Å².